The molecule has 2 aromatic rings. The van der Waals surface area contributed by atoms with E-state index < -0.39 is 0 Å². The predicted molar refractivity (Wildman–Crippen MR) is 76.5 cm³/mol. The number of ether oxygens (including phenoxy) is 2. The van der Waals surface area contributed by atoms with E-state index >= 15 is 0 Å². The van der Waals surface area contributed by atoms with E-state index in [4.69, 9.17) is 9.47 Å². The lowest BCUT2D eigenvalue weighted by atomic mass is 10.1. The second kappa shape index (κ2) is 6.38. The second-order valence-corrected chi connectivity index (χ2v) is 5.10. The van der Waals surface area contributed by atoms with Crippen LogP contribution in [0.25, 0.3) is 0 Å². The molecule has 0 fully saturated rings. The van der Waals surface area contributed by atoms with Gasteiger partial charge in [0.15, 0.2) is 5.78 Å². The Kier molecular flexibility index (Phi) is 4.58. The van der Waals surface area contributed by atoms with Gasteiger partial charge >= 0.3 is 0 Å². The van der Waals surface area contributed by atoms with Gasteiger partial charge in [-0.3, -0.25) is 4.79 Å². The van der Waals surface area contributed by atoms with Crippen molar-refractivity contribution in [2.45, 2.75) is 13.3 Å². The minimum atomic E-state index is -0.0522. The normalized spacial score (nSPS) is 10.2. The van der Waals surface area contributed by atoms with Crippen molar-refractivity contribution < 1.29 is 14.3 Å². The Labute approximate surface area is 116 Å². The summed E-state index contributed by atoms with van der Waals surface area (Å²) in [6.45, 7) is 2.07. The van der Waals surface area contributed by atoms with Gasteiger partial charge in [0, 0.05) is 11.3 Å². The van der Waals surface area contributed by atoms with Crippen LogP contribution in [0.5, 0.6) is 11.5 Å². The van der Waals surface area contributed by atoms with Crippen molar-refractivity contribution in [1.29, 1.82) is 0 Å². The van der Waals surface area contributed by atoms with Crippen LogP contribution >= 0.6 is 11.3 Å². The largest absolute Gasteiger partial charge is 0.496 e. The van der Waals surface area contributed by atoms with Crippen LogP contribution in [0.15, 0.2) is 35.7 Å². The molecule has 1 heterocycles. The van der Waals surface area contributed by atoms with Gasteiger partial charge in [0.2, 0.25) is 0 Å². The van der Waals surface area contributed by atoms with Crippen LogP contribution in [0.1, 0.15) is 22.2 Å². The molecule has 3 nitrogen and oxygen atoms in total. The minimum absolute atomic E-state index is 0.0522. The third-order valence-electron chi connectivity index (χ3n) is 2.75. The van der Waals surface area contributed by atoms with E-state index in [1.165, 1.54) is 11.8 Å². The molecule has 19 heavy (non-hydrogen) atoms. The Morgan fingerprint density at radius 3 is 2.63 bits per heavy atom. The first-order valence-electron chi connectivity index (χ1n) is 6.05. The zero-order valence-electron chi connectivity index (χ0n) is 11.0. The summed E-state index contributed by atoms with van der Waals surface area (Å²) in [6, 6.07) is 9.49. The average Bonchev–Trinajstić information content (AvgIpc) is 2.91. The molecule has 0 saturated carbocycles. The van der Waals surface area contributed by atoms with Gasteiger partial charge in [0.05, 0.1) is 13.7 Å². The molecule has 0 aliphatic carbocycles. The van der Waals surface area contributed by atoms with E-state index in [0.29, 0.717) is 23.7 Å². The lowest BCUT2D eigenvalue weighted by Crippen LogP contribution is -2.06. The average molecular weight is 276 g/mol. The van der Waals surface area contributed by atoms with Gasteiger partial charge in [-0.2, -0.15) is 0 Å². The fourth-order valence-corrected chi connectivity index (χ4v) is 2.56. The van der Waals surface area contributed by atoms with E-state index in [-0.39, 0.29) is 5.78 Å². The van der Waals surface area contributed by atoms with Crippen LogP contribution in [0.2, 0.25) is 0 Å². The van der Waals surface area contributed by atoms with Crippen LogP contribution in [0.4, 0.5) is 0 Å². The number of Topliss-reactive ketones (excluding diaryl/α,β-unsaturated/α-hetero) is 1. The highest BCUT2D eigenvalue weighted by Crippen LogP contribution is 2.29. The number of hydrogen-bond acceptors (Lipinski definition) is 4. The summed E-state index contributed by atoms with van der Waals surface area (Å²) < 4.78 is 10.9. The Bertz CT molecular complexity index is 547. The van der Waals surface area contributed by atoms with Gasteiger partial charge in [0.25, 0.3) is 0 Å². The summed E-state index contributed by atoms with van der Waals surface area (Å²) >= 11 is 1.70. The molecule has 0 aliphatic heterocycles. The number of carbonyl (C=O) groups excluding carboxylic acids is 1. The predicted octanol–water partition coefficient (Wildman–Crippen LogP) is 3.58. The molecule has 0 N–H and O–H groups in total. The number of methoxy groups -OCH3 is 1. The second-order valence-electron chi connectivity index (χ2n) is 4.07. The fourth-order valence-electron chi connectivity index (χ4n) is 1.86. The molecule has 0 amide bonds. The highest BCUT2D eigenvalue weighted by molar-refractivity contribution is 7.09. The van der Waals surface area contributed by atoms with Gasteiger partial charge in [0.1, 0.15) is 17.1 Å². The molecular weight excluding hydrogens is 260 g/mol. The maximum Gasteiger partial charge on any atom is 0.167 e. The Hall–Kier alpha value is -1.81. The quantitative estimate of drug-likeness (QED) is 0.756. The van der Waals surface area contributed by atoms with Crippen molar-refractivity contribution in [1.82, 2.24) is 0 Å². The first kappa shape index (κ1) is 13.6. The topological polar surface area (TPSA) is 35.5 Å². The maximum atomic E-state index is 11.7. The zero-order valence-corrected chi connectivity index (χ0v) is 11.8. The minimum Gasteiger partial charge on any atom is -0.496 e. The van der Waals surface area contributed by atoms with Crippen molar-refractivity contribution in [2.24, 2.45) is 0 Å². The van der Waals surface area contributed by atoms with Crippen LogP contribution in [0, 0.1) is 0 Å². The Morgan fingerprint density at radius 2 is 2.00 bits per heavy atom. The standard InChI is InChI=1S/C15H16O3S/c1-11(16)15-13(17-2)6-3-7-14(15)18-9-8-12-5-4-10-19-12/h3-7,10H,8-9H2,1-2H3. The Morgan fingerprint density at radius 1 is 1.21 bits per heavy atom. The molecule has 2 rings (SSSR count). The van der Waals surface area contributed by atoms with Crippen LogP contribution in [0.3, 0.4) is 0 Å². The van der Waals surface area contributed by atoms with Gasteiger partial charge in [-0.25, -0.2) is 0 Å². The Balaban J connectivity index is 2.09. The summed E-state index contributed by atoms with van der Waals surface area (Å²) in [5, 5.41) is 2.04. The third kappa shape index (κ3) is 3.35. The maximum absolute atomic E-state index is 11.7. The SMILES string of the molecule is COc1cccc(OCCc2cccs2)c1C(C)=O. The highest BCUT2D eigenvalue weighted by atomic mass is 32.1. The molecule has 100 valence electrons. The number of hydrogen-bond donors (Lipinski definition) is 0. The molecule has 0 saturated heterocycles. The molecule has 0 aliphatic rings. The lowest BCUT2D eigenvalue weighted by Gasteiger charge is -2.12. The number of ketones is 1. The number of benzene rings is 1. The highest BCUT2D eigenvalue weighted by Gasteiger charge is 2.14. The van der Waals surface area contributed by atoms with Gasteiger partial charge in [-0.15, -0.1) is 11.3 Å². The molecule has 0 unspecified atom stereocenters. The molecule has 0 spiro atoms. The van der Waals surface area contributed by atoms with Crippen LogP contribution in [-0.4, -0.2) is 19.5 Å². The molecule has 0 atom stereocenters. The van der Waals surface area contributed by atoms with E-state index in [1.54, 1.807) is 30.6 Å². The number of thiophene rings is 1. The first-order chi connectivity index (χ1) is 9.22. The van der Waals surface area contributed by atoms with Crippen molar-refractivity contribution in [3.8, 4) is 11.5 Å². The van der Waals surface area contributed by atoms with Gasteiger partial charge in [-0.05, 0) is 30.5 Å². The lowest BCUT2D eigenvalue weighted by molar-refractivity contribution is 0.101. The third-order valence-corrected chi connectivity index (χ3v) is 3.68. The van der Waals surface area contributed by atoms with Crippen molar-refractivity contribution in [2.75, 3.05) is 13.7 Å². The van der Waals surface area contributed by atoms with Crippen molar-refractivity contribution in [3.63, 3.8) is 0 Å². The summed E-state index contributed by atoms with van der Waals surface area (Å²) in [5.41, 5.74) is 0.510. The summed E-state index contributed by atoms with van der Waals surface area (Å²) in [7, 11) is 1.55. The van der Waals surface area contributed by atoms with Crippen LogP contribution < -0.4 is 9.47 Å². The summed E-state index contributed by atoms with van der Waals surface area (Å²) in [4.78, 5) is 13.0. The first-order valence-corrected chi connectivity index (χ1v) is 6.93. The van der Waals surface area contributed by atoms with Crippen molar-refractivity contribution >= 4 is 17.1 Å². The van der Waals surface area contributed by atoms with Crippen LogP contribution in [-0.2, 0) is 6.42 Å². The molecule has 1 aromatic heterocycles. The molecule has 0 radical (unpaired) electrons. The number of carbonyl (C=O) groups is 1. The molecule has 1 aromatic carbocycles. The van der Waals surface area contributed by atoms with E-state index in [0.717, 1.165) is 6.42 Å². The summed E-state index contributed by atoms with van der Waals surface area (Å²) in [6.07, 6.45) is 0.840. The fraction of sp³-hybridized carbons (Fsp3) is 0.267. The summed E-state index contributed by atoms with van der Waals surface area (Å²) in [5.74, 6) is 1.09. The monoisotopic (exact) mass is 276 g/mol. The van der Waals surface area contributed by atoms with Crippen molar-refractivity contribution in [3.05, 3.63) is 46.2 Å². The molecule has 0 bridgehead atoms. The van der Waals surface area contributed by atoms with E-state index in [2.05, 4.69) is 6.07 Å². The van der Waals surface area contributed by atoms with E-state index in [9.17, 15) is 4.79 Å². The number of rotatable bonds is 6. The van der Waals surface area contributed by atoms with Gasteiger partial charge < -0.3 is 9.47 Å². The smallest absolute Gasteiger partial charge is 0.167 e. The zero-order chi connectivity index (χ0) is 13.7. The van der Waals surface area contributed by atoms with E-state index in [1.807, 2.05) is 17.5 Å². The molecular formula is C15H16O3S. The van der Waals surface area contributed by atoms with Gasteiger partial charge in [-0.1, -0.05) is 12.1 Å². The molecule has 4 heteroatoms.